The number of carbonyl (C=O) groups is 1. The molecule has 0 aliphatic rings. The van der Waals surface area contributed by atoms with E-state index >= 15 is 0 Å². The molecule has 3 rings (SSSR count). The second kappa shape index (κ2) is 8.31. The highest BCUT2D eigenvalue weighted by Gasteiger charge is 2.08. The fraction of sp³-hybridized carbons (Fsp3) is 0.190. The molecule has 0 atom stereocenters. The number of aryl methyl sites for hydroxylation is 2. The first-order chi connectivity index (χ1) is 13.1. The minimum Gasteiger partial charge on any atom is -0.465 e. The van der Waals surface area contributed by atoms with E-state index in [2.05, 4.69) is 52.6 Å². The molecule has 27 heavy (non-hydrogen) atoms. The highest BCUT2D eigenvalue weighted by molar-refractivity contribution is 5.90. The summed E-state index contributed by atoms with van der Waals surface area (Å²) in [6, 6.07) is 15.1. The van der Waals surface area contributed by atoms with Gasteiger partial charge in [-0.3, -0.25) is 0 Å². The fourth-order valence-corrected chi connectivity index (χ4v) is 2.79. The molecule has 0 bridgehead atoms. The summed E-state index contributed by atoms with van der Waals surface area (Å²) in [6.07, 6.45) is 2.62. The lowest BCUT2D eigenvalue weighted by molar-refractivity contribution is 0.0601. The molecule has 0 radical (unpaired) electrons. The van der Waals surface area contributed by atoms with Crippen LogP contribution in [-0.2, 0) is 11.2 Å². The molecule has 2 aromatic carbocycles. The number of benzene rings is 2. The molecule has 2 N–H and O–H groups in total. The molecule has 0 spiro atoms. The molecule has 0 unspecified atom stereocenters. The Morgan fingerprint density at radius 3 is 2.70 bits per heavy atom. The maximum atomic E-state index is 11.7. The van der Waals surface area contributed by atoms with E-state index in [9.17, 15) is 4.79 Å². The van der Waals surface area contributed by atoms with Crippen LogP contribution in [0.5, 0.6) is 0 Å². The molecule has 0 fully saturated rings. The molecule has 1 aromatic heterocycles. The number of esters is 1. The summed E-state index contributed by atoms with van der Waals surface area (Å²) in [4.78, 5) is 20.5. The number of carbonyl (C=O) groups excluding carboxylic acids is 1. The second-order valence-electron chi connectivity index (χ2n) is 6.05. The van der Waals surface area contributed by atoms with Crippen molar-refractivity contribution in [2.75, 3.05) is 17.7 Å². The SMILES string of the molecule is CCc1cccc(C)c1Nc1ccnc(Nc2cccc(C(=O)OC)c2)n1. The predicted octanol–water partition coefficient (Wildman–Crippen LogP) is 4.62. The molecule has 0 saturated heterocycles. The van der Waals surface area contributed by atoms with Gasteiger partial charge >= 0.3 is 5.97 Å². The van der Waals surface area contributed by atoms with Gasteiger partial charge in [-0.2, -0.15) is 4.98 Å². The summed E-state index contributed by atoms with van der Waals surface area (Å²) in [5.41, 5.74) is 4.63. The van der Waals surface area contributed by atoms with E-state index in [1.807, 2.05) is 12.1 Å². The molecular formula is C21H22N4O2. The van der Waals surface area contributed by atoms with Crippen molar-refractivity contribution < 1.29 is 9.53 Å². The first-order valence-electron chi connectivity index (χ1n) is 8.74. The number of rotatable bonds is 6. The minimum absolute atomic E-state index is 0.387. The Hall–Kier alpha value is -3.41. The van der Waals surface area contributed by atoms with Crippen LogP contribution in [0.15, 0.2) is 54.7 Å². The minimum atomic E-state index is -0.387. The van der Waals surface area contributed by atoms with Crippen LogP contribution in [0.2, 0.25) is 0 Å². The summed E-state index contributed by atoms with van der Waals surface area (Å²) in [6.45, 7) is 4.20. The Bertz CT molecular complexity index is 956. The van der Waals surface area contributed by atoms with E-state index < -0.39 is 0 Å². The van der Waals surface area contributed by atoms with Crippen molar-refractivity contribution in [3.63, 3.8) is 0 Å². The first-order valence-corrected chi connectivity index (χ1v) is 8.74. The molecule has 0 aliphatic heterocycles. The predicted molar refractivity (Wildman–Crippen MR) is 107 cm³/mol. The van der Waals surface area contributed by atoms with E-state index in [0.717, 1.165) is 17.7 Å². The summed E-state index contributed by atoms with van der Waals surface area (Å²) in [7, 11) is 1.36. The van der Waals surface area contributed by atoms with E-state index in [-0.39, 0.29) is 5.97 Å². The quantitative estimate of drug-likeness (QED) is 0.623. The van der Waals surface area contributed by atoms with E-state index in [0.29, 0.717) is 23.0 Å². The van der Waals surface area contributed by atoms with Crippen LogP contribution in [0.4, 0.5) is 23.1 Å². The van der Waals surface area contributed by atoms with Crippen molar-refractivity contribution in [2.24, 2.45) is 0 Å². The van der Waals surface area contributed by atoms with Crippen LogP contribution in [0, 0.1) is 6.92 Å². The van der Waals surface area contributed by atoms with Crippen molar-refractivity contribution in [3.8, 4) is 0 Å². The average molecular weight is 362 g/mol. The van der Waals surface area contributed by atoms with Crippen molar-refractivity contribution in [2.45, 2.75) is 20.3 Å². The van der Waals surface area contributed by atoms with E-state index in [1.54, 1.807) is 24.4 Å². The average Bonchev–Trinajstić information content (AvgIpc) is 2.69. The smallest absolute Gasteiger partial charge is 0.337 e. The van der Waals surface area contributed by atoms with Gasteiger partial charge in [-0.15, -0.1) is 0 Å². The van der Waals surface area contributed by atoms with E-state index in [1.165, 1.54) is 12.7 Å². The third-order valence-corrected chi connectivity index (χ3v) is 4.19. The van der Waals surface area contributed by atoms with Crippen LogP contribution in [0.3, 0.4) is 0 Å². The lowest BCUT2D eigenvalue weighted by atomic mass is 10.1. The number of hydrogen-bond donors (Lipinski definition) is 2. The topological polar surface area (TPSA) is 76.1 Å². The molecule has 0 saturated carbocycles. The Kier molecular flexibility index (Phi) is 5.66. The van der Waals surface area contributed by atoms with Gasteiger partial charge in [0.25, 0.3) is 0 Å². The normalized spacial score (nSPS) is 10.3. The number of aromatic nitrogens is 2. The van der Waals surface area contributed by atoms with Crippen LogP contribution in [0.25, 0.3) is 0 Å². The van der Waals surface area contributed by atoms with E-state index in [4.69, 9.17) is 4.74 Å². The number of methoxy groups -OCH3 is 1. The molecule has 0 amide bonds. The van der Waals surface area contributed by atoms with Crippen LogP contribution >= 0.6 is 0 Å². The van der Waals surface area contributed by atoms with Crippen LogP contribution < -0.4 is 10.6 Å². The molecular weight excluding hydrogens is 340 g/mol. The van der Waals surface area contributed by atoms with Crippen molar-refractivity contribution >= 4 is 29.1 Å². The van der Waals surface area contributed by atoms with Gasteiger partial charge in [-0.1, -0.05) is 31.2 Å². The van der Waals surface area contributed by atoms with Gasteiger partial charge in [0.2, 0.25) is 5.95 Å². The highest BCUT2D eigenvalue weighted by Crippen LogP contribution is 2.25. The fourth-order valence-electron chi connectivity index (χ4n) is 2.79. The third kappa shape index (κ3) is 4.41. The zero-order chi connectivity index (χ0) is 19.2. The Labute approximate surface area is 158 Å². The molecule has 138 valence electrons. The summed E-state index contributed by atoms with van der Waals surface area (Å²) >= 11 is 0. The zero-order valence-corrected chi connectivity index (χ0v) is 15.6. The molecule has 6 heteroatoms. The summed E-state index contributed by atoms with van der Waals surface area (Å²) < 4.78 is 4.75. The number of para-hydroxylation sites is 1. The first kappa shape index (κ1) is 18.4. The van der Waals surface area contributed by atoms with Gasteiger partial charge in [0.1, 0.15) is 5.82 Å². The largest absolute Gasteiger partial charge is 0.465 e. The van der Waals surface area contributed by atoms with Crippen molar-refractivity contribution in [1.29, 1.82) is 0 Å². The van der Waals surface area contributed by atoms with Gasteiger partial charge in [0.15, 0.2) is 0 Å². The monoisotopic (exact) mass is 362 g/mol. The van der Waals surface area contributed by atoms with Gasteiger partial charge in [0, 0.05) is 17.6 Å². The van der Waals surface area contributed by atoms with Crippen molar-refractivity contribution in [1.82, 2.24) is 9.97 Å². The maximum absolute atomic E-state index is 11.7. The lowest BCUT2D eigenvalue weighted by Crippen LogP contribution is -2.04. The van der Waals surface area contributed by atoms with Gasteiger partial charge in [0.05, 0.1) is 12.7 Å². The van der Waals surface area contributed by atoms with Gasteiger partial charge in [-0.25, -0.2) is 9.78 Å². The Balaban J connectivity index is 1.82. The number of nitrogens with one attached hydrogen (secondary N) is 2. The van der Waals surface area contributed by atoms with Crippen LogP contribution in [0.1, 0.15) is 28.4 Å². The molecule has 6 nitrogen and oxygen atoms in total. The Morgan fingerprint density at radius 1 is 1.11 bits per heavy atom. The van der Waals surface area contributed by atoms with Gasteiger partial charge < -0.3 is 15.4 Å². The number of ether oxygens (including phenoxy) is 1. The second-order valence-corrected chi connectivity index (χ2v) is 6.05. The molecule has 0 aliphatic carbocycles. The molecule has 3 aromatic rings. The zero-order valence-electron chi connectivity index (χ0n) is 15.6. The number of nitrogens with zero attached hydrogens (tertiary/aromatic N) is 2. The van der Waals surface area contributed by atoms with Crippen LogP contribution in [-0.4, -0.2) is 23.0 Å². The third-order valence-electron chi connectivity index (χ3n) is 4.19. The number of anilines is 4. The number of hydrogen-bond acceptors (Lipinski definition) is 6. The lowest BCUT2D eigenvalue weighted by Gasteiger charge is -2.14. The maximum Gasteiger partial charge on any atom is 0.337 e. The van der Waals surface area contributed by atoms with Gasteiger partial charge in [-0.05, 0) is 48.7 Å². The van der Waals surface area contributed by atoms with Crippen molar-refractivity contribution in [3.05, 3.63) is 71.4 Å². The summed E-state index contributed by atoms with van der Waals surface area (Å²) in [5.74, 6) is 0.746. The standard InChI is InChI=1S/C21H22N4O2/c1-4-15-8-5-7-14(2)19(15)24-18-11-12-22-21(25-18)23-17-10-6-9-16(13-17)20(26)27-3/h5-13H,4H2,1-3H3,(H2,22,23,24,25). The molecule has 1 heterocycles. The summed E-state index contributed by atoms with van der Waals surface area (Å²) in [5, 5.41) is 6.51. The Morgan fingerprint density at radius 2 is 1.93 bits per heavy atom. The highest BCUT2D eigenvalue weighted by atomic mass is 16.5.